The summed E-state index contributed by atoms with van der Waals surface area (Å²) in [6.07, 6.45) is 55.9. The number of carboxylic acids is 1. The van der Waals surface area contributed by atoms with E-state index in [1.807, 2.05) is 0 Å². The summed E-state index contributed by atoms with van der Waals surface area (Å²) in [6, 6.07) is -1.48. The fourth-order valence-electron chi connectivity index (χ4n) is 7.01. The molecular formula is C51H94NO9P. The number of carboxylic acid groups (broad SMARTS) is 1. The van der Waals surface area contributed by atoms with E-state index in [1.54, 1.807) is 0 Å². The molecule has 0 saturated heterocycles. The standard InChI is InChI=1S/C51H94NO9P/c1-3-5-7-9-11-13-15-17-19-21-23-24-25-27-29-31-33-35-37-39-41-43-50(53)61-48(46-59-62(56,57)60-47-49(52)51(54)55)45-58-44-42-40-38-36-34-32-30-28-26-22-20-18-16-14-12-10-8-6-4-2/h5,7,11,13,17,19,23-24,48-49H,3-4,6,8-10,12,14-16,18,20-22,25-47,52H2,1-2H3,(H,54,55)(H,56,57)/b7-5-,13-11-,19-17-,24-23-. The van der Waals surface area contributed by atoms with E-state index in [0.717, 1.165) is 70.6 Å². The SMILES string of the molecule is CC/C=C\C/C=C\C/C=C\C/C=C\CCCCCCCCCCC(=O)OC(COCCCCCCCCCCCCCCCCCCCCC)COP(=O)(O)OCC(N)C(=O)O. The summed E-state index contributed by atoms with van der Waals surface area (Å²) < 4.78 is 33.5. The van der Waals surface area contributed by atoms with E-state index in [2.05, 4.69) is 62.5 Å². The molecule has 0 spiro atoms. The molecule has 0 aromatic rings. The van der Waals surface area contributed by atoms with Crippen LogP contribution in [0, 0.1) is 0 Å². The van der Waals surface area contributed by atoms with Gasteiger partial charge in [-0.2, -0.15) is 0 Å². The minimum atomic E-state index is -4.62. The van der Waals surface area contributed by atoms with E-state index < -0.39 is 45.1 Å². The Hall–Kier alpha value is -2.07. The molecule has 0 aromatic heterocycles. The molecule has 362 valence electrons. The minimum Gasteiger partial charge on any atom is -0.480 e. The van der Waals surface area contributed by atoms with Gasteiger partial charge in [0.15, 0.2) is 0 Å². The van der Waals surface area contributed by atoms with E-state index in [-0.39, 0.29) is 13.0 Å². The summed E-state index contributed by atoms with van der Waals surface area (Å²) >= 11 is 0. The largest absolute Gasteiger partial charge is 0.480 e. The second-order valence-corrected chi connectivity index (χ2v) is 18.4. The van der Waals surface area contributed by atoms with Crippen LogP contribution in [-0.4, -0.2) is 60.5 Å². The lowest BCUT2D eigenvalue weighted by molar-refractivity contribution is -0.154. The highest BCUT2D eigenvalue weighted by molar-refractivity contribution is 7.47. The van der Waals surface area contributed by atoms with Gasteiger partial charge in [-0.05, 0) is 51.4 Å². The number of rotatable bonds is 48. The molecule has 0 aliphatic rings. The summed E-state index contributed by atoms with van der Waals surface area (Å²) in [4.78, 5) is 33.7. The van der Waals surface area contributed by atoms with Crippen LogP contribution in [0.5, 0.6) is 0 Å². The van der Waals surface area contributed by atoms with Gasteiger partial charge in [0.1, 0.15) is 12.1 Å². The predicted molar refractivity (Wildman–Crippen MR) is 258 cm³/mol. The third kappa shape index (κ3) is 45.9. The van der Waals surface area contributed by atoms with Crippen molar-refractivity contribution in [1.82, 2.24) is 0 Å². The van der Waals surface area contributed by atoms with Crippen LogP contribution >= 0.6 is 7.82 Å². The molecule has 0 aliphatic heterocycles. The third-order valence-electron chi connectivity index (χ3n) is 10.9. The zero-order valence-electron chi connectivity index (χ0n) is 39.7. The first-order valence-corrected chi connectivity index (χ1v) is 26.7. The molecule has 0 radical (unpaired) electrons. The van der Waals surface area contributed by atoms with Crippen LogP contribution in [0.25, 0.3) is 0 Å². The summed E-state index contributed by atoms with van der Waals surface area (Å²) in [5.74, 6) is -1.78. The Labute approximate surface area is 379 Å². The van der Waals surface area contributed by atoms with Crippen molar-refractivity contribution in [3.8, 4) is 0 Å². The zero-order chi connectivity index (χ0) is 45.5. The smallest absolute Gasteiger partial charge is 0.472 e. The van der Waals surface area contributed by atoms with Gasteiger partial charge < -0.3 is 25.2 Å². The number of nitrogens with two attached hydrogens (primary N) is 1. The van der Waals surface area contributed by atoms with Crippen LogP contribution in [0.4, 0.5) is 0 Å². The van der Waals surface area contributed by atoms with Gasteiger partial charge in [-0.15, -0.1) is 0 Å². The van der Waals surface area contributed by atoms with Crippen molar-refractivity contribution in [3.05, 3.63) is 48.6 Å². The topological polar surface area (TPSA) is 155 Å². The maximum absolute atomic E-state index is 12.7. The molecule has 10 nitrogen and oxygen atoms in total. The fourth-order valence-corrected chi connectivity index (χ4v) is 7.79. The van der Waals surface area contributed by atoms with Crippen molar-refractivity contribution in [2.75, 3.05) is 26.4 Å². The van der Waals surface area contributed by atoms with Gasteiger partial charge in [0, 0.05) is 13.0 Å². The summed E-state index contributed by atoms with van der Waals surface area (Å²) in [5.41, 5.74) is 5.37. The highest BCUT2D eigenvalue weighted by Gasteiger charge is 2.27. The molecule has 3 atom stereocenters. The molecule has 0 aliphatic carbocycles. The average Bonchev–Trinajstić information content (AvgIpc) is 3.25. The van der Waals surface area contributed by atoms with Crippen LogP contribution in [0.1, 0.15) is 226 Å². The second kappa shape index (κ2) is 46.9. The first-order valence-electron chi connectivity index (χ1n) is 25.2. The van der Waals surface area contributed by atoms with Gasteiger partial charge >= 0.3 is 19.8 Å². The van der Waals surface area contributed by atoms with Crippen LogP contribution in [0.2, 0.25) is 0 Å². The Balaban J connectivity index is 4.15. The Morgan fingerprint density at radius 2 is 0.935 bits per heavy atom. The van der Waals surface area contributed by atoms with Crippen molar-refractivity contribution in [3.63, 3.8) is 0 Å². The lowest BCUT2D eigenvalue weighted by atomic mass is 10.0. The first-order chi connectivity index (χ1) is 30.2. The van der Waals surface area contributed by atoms with Crippen molar-refractivity contribution < 1.29 is 42.7 Å². The molecule has 0 aromatic carbocycles. The van der Waals surface area contributed by atoms with Crippen molar-refractivity contribution in [1.29, 1.82) is 0 Å². The Morgan fingerprint density at radius 3 is 1.40 bits per heavy atom. The van der Waals surface area contributed by atoms with Crippen LogP contribution in [0.3, 0.4) is 0 Å². The normalized spacial score (nSPS) is 14.1. The quantitative estimate of drug-likeness (QED) is 0.0233. The zero-order valence-corrected chi connectivity index (χ0v) is 40.6. The lowest BCUT2D eigenvalue weighted by Crippen LogP contribution is -2.34. The second-order valence-electron chi connectivity index (χ2n) is 16.9. The number of ether oxygens (including phenoxy) is 2. The Kier molecular flexibility index (Phi) is 45.3. The van der Waals surface area contributed by atoms with Gasteiger partial charge in [0.05, 0.1) is 19.8 Å². The molecule has 0 fully saturated rings. The predicted octanol–water partition coefficient (Wildman–Crippen LogP) is 14.6. The summed E-state index contributed by atoms with van der Waals surface area (Å²) in [5, 5.41) is 8.93. The molecule has 11 heteroatoms. The maximum Gasteiger partial charge on any atom is 0.472 e. The Bertz CT molecular complexity index is 1170. The minimum absolute atomic E-state index is 0.0156. The number of aliphatic carboxylic acids is 1. The van der Waals surface area contributed by atoms with Gasteiger partial charge in [-0.25, -0.2) is 4.57 Å². The van der Waals surface area contributed by atoms with Gasteiger partial charge in [-0.1, -0.05) is 217 Å². The Morgan fingerprint density at radius 1 is 0.532 bits per heavy atom. The molecule has 0 rings (SSSR count). The number of phosphoric ester groups is 1. The van der Waals surface area contributed by atoms with E-state index in [1.165, 1.54) is 128 Å². The van der Waals surface area contributed by atoms with Gasteiger partial charge in [0.2, 0.25) is 0 Å². The molecule has 3 unspecified atom stereocenters. The van der Waals surface area contributed by atoms with Crippen LogP contribution in [0.15, 0.2) is 48.6 Å². The average molecular weight is 896 g/mol. The van der Waals surface area contributed by atoms with Crippen molar-refractivity contribution in [2.45, 2.75) is 238 Å². The van der Waals surface area contributed by atoms with Gasteiger partial charge in [0.25, 0.3) is 0 Å². The molecule has 4 N–H and O–H groups in total. The van der Waals surface area contributed by atoms with E-state index in [4.69, 9.17) is 29.4 Å². The molecule has 0 heterocycles. The number of hydrogen-bond donors (Lipinski definition) is 3. The van der Waals surface area contributed by atoms with Gasteiger partial charge in [-0.3, -0.25) is 18.6 Å². The van der Waals surface area contributed by atoms with E-state index in [0.29, 0.717) is 13.0 Å². The first kappa shape index (κ1) is 59.9. The lowest BCUT2D eigenvalue weighted by Gasteiger charge is -2.20. The molecular weight excluding hydrogens is 802 g/mol. The number of carbonyl (C=O) groups excluding carboxylic acids is 1. The number of hydrogen-bond acceptors (Lipinski definition) is 8. The molecule has 0 saturated carbocycles. The number of unbranched alkanes of at least 4 members (excludes halogenated alkanes) is 26. The summed E-state index contributed by atoms with van der Waals surface area (Å²) in [7, 11) is -4.62. The summed E-state index contributed by atoms with van der Waals surface area (Å²) in [6.45, 7) is 3.80. The maximum atomic E-state index is 12.7. The fraction of sp³-hybridized carbons (Fsp3) is 0.804. The van der Waals surface area contributed by atoms with Crippen LogP contribution in [-0.2, 0) is 32.7 Å². The van der Waals surface area contributed by atoms with Crippen molar-refractivity contribution >= 4 is 19.8 Å². The third-order valence-corrected chi connectivity index (χ3v) is 11.8. The molecule has 0 amide bonds. The number of allylic oxidation sites excluding steroid dienone is 8. The molecule has 62 heavy (non-hydrogen) atoms. The highest BCUT2D eigenvalue weighted by atomic mass is 31.2. The van der Waals surface area contributed by atoms with Crippen LogP contribution < -0.4 is 5.73 Å². The van der Waals surface area contributed by atoms with E-state index in [9.17, 15) is 19.0 Å². The number of esters is 1. The monoisotopic (exact) mass is 896 g/mol. The molecule has 0 bridgehead atoms. The highest BCUT2D eigenvalue weighted by Crippen LogP contribution is 2.43. The van der Waals surface area contributed by atoms with E-state index >= 15 is 0 Å². The number of carbonyl (C=O) groups is 2. The van der Waals surface area contributed by atoms with Crippen molar-refractivity contribution in [2.24, 2.45) is 5.73 Å². The number of phosphoric acid groups is 1.